The molecule has 1 N–H and O–H groups in total. The molecule has 0 aliphatic heterocycles. The van der Waals surface area contributed by atoms with E-state index in [1.54, 1.807) is 6.07 Å². The standard InChI is InChI=1S/C55H48N2OS/c1-34-26-40(44-22-15-24-46-45-23-14-21-43(52(45)59-53(44)46)35-16-9-8-10-17-35)32-48(56-34)36-18-13-19-37(27-36)49-30-39(31-50(57-49)47-20-11-12-25-51(47)58)38-28-41(54(2,3)4)33-42(29-38)55(5,6)7/h8-33,58H,1-7H3. The van der Waals surface area contributed by atoms with E-state index in [1.807, 2.05) is 29.5 Å². The molecule has 4 heteroatoms. The van der Waals surface area contributed by atoms with Crippen LogP contribution in [0.4, 0.5) is 0 Å². The number of pyridine rings is 2. The van der Waals surface area contributed by atoms with Crippen molar-refractivity contribution in [1.29, 1.82) is 0 Å². The van der Waals surface area contributed by atoms with Gasteiger partial charge in [0.15, 0.2) is 0 Å². The summed E-state index contributed by atoms with van der Waals surface area (Å²) < 4.78 is 2.58. The summed E-state index contributed by atoms with van der Waals surface area (Å²) in [5.74, 6) is 0.206. The Balaban J connectivity index is 1.17. The molecule has 3 aromatic heterocycles. The zero-order valence-electron chi connectivity index (χ0n) is 34.8. The number of nitrogens with zero attached hydrogens (tertiary/aromatic N) is 2. The molecule has 0 saturated carbocycles. The first kappa shape index (κ1) is 38.2. The van der Waals surface area contributed by atoms with Crippen LogP contribution >= 0.6 is 11.3 Å². The molecule has 3 heterocycles. The SMILES string of the molecule is Cc1cc(-c2cccc3c2sc2c(-c4ccccc4)cccc23)cc(-c2cccc(-c3cc(-c4cc(C(C)(C)C)cc(C(C)(C)C)c4)cc(-c4ccccc4O)n3)c2)n1. The largest absolute Gasteiger partial charge is 0.507 e. The fourth-order valence-corrected chi connectivity index (χ4v) is 9.41. The average molecular weight is 785 g/mol. The molecule has 0 aliphatic rings. The zero-order chi connectivity index (χ0) is 41.1. The molecule has 0 unspecified atom stereocenters. The number of aryl methyl sites for hydroxylation is 1. The van der Waals surface area contributed by atoms with Crippen molar-refractivity contribution in [3.63, 3.8) is 0 Å². The molecular formula is C55H48N2OS. The highest BCUT2D eigenvalue weighted by Gasteiger charge is 2.22. The maximum Gasteiger partial charge on any atom is 0.124 e. The Morgan fingerprint density at radius 1 is 0.407 bits per heavy atom. The van der Waals surface area contributed by atoms with Gasteiger partial charge in [0.1, 0.15) is 5.75 Å². The molecule has 9 aromatic rings. The average Bonchev–Trinajstić information content (AvgIpc) is 3.62. The van der Waals surface area contributed by atoms with Crippen LogP contribution in [0.3, 0.4) is 0 Å². The number of phenols is 1. The van der Waals surface area contributed by atoms with Crippen LogP contribution in [-0.2, 0) is 10.8 Å². The van der Waals surface area contributed by atoms with Gasteiger partial charge in [-0.1, -0.05) is 157 Å². The van der Waals surface area contributed by atoms with Gasteiger partial charge in [-0.15, -0.1) is 11.3 Å². The lowest BCUT2D eigenvalue weighted by molar-refractivity contribution is 0.477. The number of aromatic nitrogens is 2. The number of hydrogen-bond donors (Lipinski definition) is 1. The van der Waals surface area contributed by atoms with Gasteiger partial charge in [-0.25, -0.2) is 4.98 Å². The number of rotatable bonds is 6. The molecule has 0 bridgehead atoms. The lowest BCUT2D eigenvalue weighted by atomic mass is 9.79. The number of thiophene rings is 1. The third-order valence-corrected chi connectivity index (χ3v) is 12.6. The predicted molar refractivity (Wildman–Crippen MR) is 251 cm³/mol. The van der Waals surface area contributed by atoms with Crippen molar-refractivity contribution in [2.45, 2.75) is 59.3 Å². The van der Waals surface area contributed by atoms with E-state index in [0.29, 0.717) is 5.56 Å². The first-order valence-corrected chi connectivity index (χ1v) is 21.2. The van der Waals surface area contributed by atoms with E-state index in [0.717, 1.165) is 50.6 Å². The molecule has 0 atom stereocenters. The maximum atomic E-state index is 11.1. The van der Waals surface area contributed by atoms with Crippen LogP contribution in [-0.4, -0.2) is 15.1 Å². The molecule has 3 nitrogen and oxygen atoms in total. The Hall–Kier alpha value is -6.36. The first-order valence-electron chi connectivity index (χ1n) is 20.4. The fraction of sp³-hybridized carbons (Fsp3) is 0.164. The molecule has 0 aliphatic carbocycles. The summed E-state index contributed by atoms with van der Waals surface area (Å²) in [5.41, 5.74) is 15.7. The lowest BCUT2D eigenvalue weighted by Crippen LogP contribution is -2.16. The summed E-state index contributed by atoms with van der Waals surface area (Å²) in [7, 11) is 0. The van der Waals surface area contributed by atoms with Crippen molar-refractivity contribution < 1.29 is 5.11 Å². The highest BCUT2D eigenvalue weighted by Crippen LogP contribution is 2.45. The highest BCUT2D eigenvalue weighted by molar-refractivity contribution is 7.26. The number of hydrogen-bond acceptors (Lipinski definition) is 4. The number of para-hydroxylation sites is 1. The van der Waals surface area contributed by atoms with Gasteiger partial charge < -0.3 is 5.11 Å². The Morgan fingerprint density at radius 2 is 0.898 bits per heavy atom. The molecule has 0 saturated heterocycles. The summed E-state index contributed by atoms with van der Waals surface area (Å²) in [6, 6.07) is 55.7. The van der Waals surface area contributed by atoms with E-state index in [2.05, 4.69) is 182 Å². The zero-order valence-corrected chi connectivity index (χ0v) is 35.6. The van der Waals surface area contributed by atoms with Gasteiger partial charge >= 0.3 is 0 Å². The van der Waals surface area contributed by atoms with Gasteiger partial charge in [-0.2, -0.15) is 0 Å². The number of phenolic OH excluding ortho intramolecular Hbond substituents is 1. The van der Waals surface area contributed by atoms with Crippen LogP contribution in [0.2, 0.25) is 0 Å². The van der Waals surface area contributed by atoms with Gasteiger partial charge in [0.05, 0.1) is 17.1 Å². The lowest BCUT2D eigenvalue weighted by Gasteiger charge is -2.26. The summed E-state index contributed by atoms with van der Waals surface area (Å²) in [6.07, 6.45) is 0. The minimum Gasteiger partial charge on any atom is -0.507 e. The number of fused-ring (bicyclic) bond motifs is 3. The van der Waals surface area contributed by atoms with Gasteiger partial charge in [0, 0.05) is 42.6 Å². The normalized spacial score (nSPS) is 12.1. The molecule has 0 spiro atoms. The van der Waals surface area contributed by atoms with E-state index < -0.39 is 0 Å². The molecule has 9 rings (SSSR count). The van der Waals surface area contributed by atoms with E-state index in [4.69, 9.17) is 9.97 Å². The summed E-state index contributed by atoms with van der Waals surface area (Å²) in [4.78, 5) is 10.3. The Kier molecular flexibility index (Phi) is 9.57. The van der Waals surface area contributed by atoms with E-state index in [1.165, 1.54) is 48.0 Å². The second kappa shape index (κ2) is 14.8. The Labute approximate surface area is 351 Å². The molecular weight excluding hydrogens is 737 g/mol. The van der Waals surface area contributed by atoms with Crippen LogP contribution in [0.25, 0.3) is 87.3 Å². The van der Waals surface area contributed by atoms with Crippen molar-refractivity contribution in [1.82, 2.24) is 9.97 Å². The first-order chi connectivity index (χ1) is 28.3. The highest BCUT2D eigenvalue weighted by atomic mass is 32.1. The Bertz CT molecular complexity index is 3000. The monoisotopic (exact) mass is 784 g/mol. The van der Waals surface area contributed by atoms with E-state index in [9.17, 15) is 5.11 Å². The second-order valence-electron chi connectivity index (χ2n) is 17.7. The maximum absolute atomic E-state index is 11.1. The van der Waals surface area contributed by atoms with Crippen LogP contribution in [0.1, 0.15) is 58.4 Å². The molecule has 0 fully saturated rings. The minimum absolute atomic E-state index is 0.0337. The molecule has 6 aromatic carbocycles. The van der Waals surface area contributed by atoms with Crippen molar-refractivity contribution >= 4 is 31.5 Å². The van der Waals surface area contributed by atoms with Crippen molar-refractivity contribution in [3.8, 4) is 72.9 Å². The van der Waals surface area contributed by atoms with Gasteiger partial charge in [0.2, 0.25) is 0 Å². The topological polar surface area (TPSA) is 46.0 Å². The predicted octanol–water partition coefficient (Wildman–Crippen LogP) is 15.5. The quantitative estimate of drug-likeness (QED) is 0.183. The van der Waals surface area contributed by atoms with Crippen molar-refractivity contribution in [2.75, 3.05) is 0 Å². The molecule has 0 amide bonds. The molecule has 59 heavy (non-hydrogen) atoms. The van der Waals surface area contributed by atoms with E-state index in [-0.39, 0.29) is 16.6 Å². The third-order valence-electron chi connectivity index (χ3n) is 11.3. The van der Waals surface area contributed by atoms with E-state index >= 15 is 0 Å². The summed E-state index contributed by atoms with van der Waals surface area (Å²) in [5, 5.41) is 13.6. The number of aromatic hydroxyl groups is 1. The second-order valence-corrected chi connectivity index (χ2v) is 18.8. The van der Waals surface area contributed by atoms with Gasteiger partial charge in [0.25, 0.3) is 0 Å². The van der Waals surface area contributed by atoms with Gasteiger partial charge in [-0.3, -0.25) is 4.98 Å². The van der Waals surface area contributed by atoms with Crippen molar-refractivity contribution in [3.05, 3.63) is 175 Å². The fourth-order valence-electron chi connectivity index (χ4n) is 8.04. The van der Waals surface area contributed by atoms with Crippen LogP contribution < -0.4 is 0 Å². The molecule has 290 valence electrons. The van der Waals surface area contributed by atoms with Gasteiger partial charge in [-0.05, 0) is 105 Å². The minimum atomic E-state index is -0.0337. The smallest absolute Gasteiger partial charge is 0.124 e. The summed E-state index contributed by atoms with van der Waals surface area (Å²) >= 11 is 1.87. The van der Waals surface area contributed by atoms with Crippen LogP contribution in [0.15, 0.2) is 158 Å². The number of benzene rings is 6. The van der Waals surface area contributed by atoms with Crippen LogP contribution in [0, 0.1) is 6.92 Å². The summed E-state index contributed by atoms with van der Waals surface area (Å²) in [6.45, 7) is 15.7. The van der Waals surface area contributed by atoms with Crippen molar-refractivity contribution in [2.24, 2.45) is 0 Å². The third kappa shape index (κ3) is 7.46. The molecule has 0 radical (unpaired) electrons. The van der Waals surface area contributed by atoms with Crippen LogP contribution in [0.5, 0.6) is 5.75 Å². The Morgan fingerprint density at radius 3 is 1.53 bits per heavy atom.